The molecule has 1 aromatic carbocycles. The minimum Gasteiger partial charge on any atom is -0.421 e. The molecule has 2 heterocycles. The fourth-order valence-electron chi connectivity index (χ4n) is 3.37. The van der Waals surface area contributed by atoms with Gasteiger partial charge in [-0.15, -0.1) is 10.2 Å². The fourth-order valence-corrected chi connectivity index (χ4v) is 3.37. The van der Waals surface area contributed by atoms with E-state index in [0.717, 1.165) is 25.2 Å². The third-order valence-electron chi connectivity index (χ3n) is 4.94. The minimum atomic E-state index is 0.0949. The van der Waals surface area contributed by atoms with Crippen LogP contribution in [0.1, 0.15) is 44.9 Å². The Hall–Kier alpha value is -2.21. The molecule has 1 fully saturated rings. The molecular weight excluding hydrogens is 328 g/mol. The first-order chi connectivity index (χ1) is 12.7. The number of hydrogen-bond donors (Lipinski definition) is 1. The number of hydrogen-bond acceptors (Lipinski definition) is 5. The highest BCUT2D eigenvalue weighted by atomic mass is 16.4. The minimum absolute atomic E-state index is 0.0949. The maximum Gasteiger partial charge on any atom is 0.247 e. The van der Waals surface area contributed by atoms with Crippen LogP contribution < -0.4 is 5.32 Å². The first kappa shape index (κ1) is 18.6. The summed E-state index contributed by atoms with van der Waals surface area (Å²) in [4.78, 5) is 14.5. The zero-order valence-electron chi connectivity index (χ0n) is 15.5. The molecule has 1 aliphatic heterocycles. The van der Waals surface area contributed by atoms with Gasteiger partial charge in [0, 0.05) is 37.5 Å². The lowest BCUT2D eigenvalue weighted by atomic mass is 10.0. The Morgan fingerprint density at radius 3 is 2.92 bits per heavy atom. The normalized spacial score (nSPS) is 18.0. The number of piperidine rings is 1. The molecule has 0 saturated carbocycles. The molecule has 1 aromatic heterocycles. The number of likely N-dealkylation sites (tertiary alicyclic amines) is 1. The molecule has 0 spiro atoms. The lowest BCUT2D eigenvalue weighted by Gasteiger charge is -2.33. The van der Waals surface area contributed by atoms with Crippen LogP contribution >= 0.6 is 0 Å². The first-order valence-corrected chi connectivity index (χ1v) is 9.61. The molecule has 1 amide bonds. The predicted molar refractivity (Wildman–Crippen MR) is 101 cm³/mol. The van der Waals surface area contributed by atoms with E-state index in [2.05, 4.69) is 27.3 Å². The summed E-state index contributed by atoms with van der Waals surface area (Å²) in [5, 5.41) is 11.2. The predicted octanol–water partition coefficient (Wildman–Crippen LogP) is 3.05. The molecule has 3 rings (SSSR count). The van der Waals surface area contributed by atoms with Crippen molar-refractivity contribution in [1.82, 2.24) is 20.4 Å². The summed E-state index contributed by atoms with van der Waals surface area (Å²) < 4.78 is 5.66. The summed E-state index contributed by atoms with van der Waals surface area (Å²) >= 11 is 0. The maximum atomic E-state index is 12.0. The smallest absolute Gasteiger partial charge is 0.247 e. The highest BCUT2D eigenvalue weighted by Gasteiger charge is 2.17. The number of carbonyl (C=O) groups excluding carboxylic acids is 1. The second kappa shape index (κ2) is 9.48. The lowest BCUT2D eigenvalue weighted by molar-refractivity contribution is -0.121. The van der Waals surface area contributed by atoms with Crippen molar-refractivity contribution in [3.63, 3.8) is 0 Å². The number of nitrogens with zero attached hydrogens (tertiary/aromatic N) is 3. The van der Waals surface area contributed by atoms with Crippen molar-refractivity contribution in [2.45, 2.75) is 51.5 Å². The Labute approximate surface area is 155 Å². The second-order valence-corrected chi connectivity index (χ2v) is 6.95. The number of nitrogens with one attached hydrogen (secondary N) is 1. The molecule has 140 valence electrons. The van der Waals surface area contributed by atoms with Crippen molar-refractivity contribution < 1.29 is 9.21 Å². The molecule has 2 aromatic rings. The van der Waals surface area contributed by atoms with Gasteiger partial charge in [-0.05, 0) is 44.9 Å². The molecule has 6 heteroatoms. The zero-order valence-corrected chi connectivity index (χ0v) is 15.5. The monoisotopic (exact) mass is 356 g/mol. The van der Waals surface area contributed by atoms with E-state index in [4.69, 9.17) is 4.42 Å². The van der Waals surface area contributed by atoms with Crippen molar-refractivity contribution in [2.24, 2.45) is 0 Å². The fraction of sp³-hybridized carbons (Fsp3) is 0.550. The quantitative estimate of drug-likeness (QED) is 0.787. The topological polar surface area (TPSA) is 71.3 Å². The lowest BCUT2D eigenvalue weighted by Crippen LogP contribution is -2.42. The van der Waals surface area contributed by atoms with Crippen LogP contribution in [0, 0.1) is 0 Å². The SMILES string of the molecule is CC1CCCCN1CCNC(=O)CCCc1nnc(-c2ccccc2)o1. The largest absolute Gasteiger partial charge is 0.421 e. The molecular formula is C20H28N4O2. The number of aryl methyl sites for hydroxylation is 1. The van der Waals surface area contributed by atoms with Gasteiger partial charge in [0.25, 0.3) is 0 Å². The van der Waals surface area contributed by atoms with Crippen molar-refractivity contribution >= 4 is 5.91 Å². The molecule has 1 saturated heterocycles. The van der Waals surface area contributed by atoms with Gasteiger partial charge in [0.2, 0.25) is 17.7 Å². The van der Waals surface area contributed by atoms with Gasteiger partial charge < -0.3 is 9.73 Å². The standard InChI is InChI=1S/C20H28N4O2/c1-16-8-5-6-14-24(16)15-13-21-18(25)11-7-12-19-22-23-20(26-19)17-9-3-2-4-10-17/h2-4,9-10,16H,5-8,11-15H2,1H3,(H,21,25). The summed E-state index contributed by atoms with van der Waals surface area (Å²) in [6.45, 7) is 5.09. The average molecular weight is 356 g/mol. The molecule has 1 N–H and O–H groups in total. The van der Waals surface area contributed by atoms with E-state index in [1.165, 1.54) is 19.3 Å². The van der Waals surface area contributed by atoms with Gasteiger partial charge in [-0.25, -0.2) is 0 Å². The number of carbonyl (C=O) groups is 1. The third kappa shape index (κ3) is 5.39. The van der Waals surface area contributed by atoms with Gasteiger partial charge in [-0.1, -0.05) is 24.6 Å². The van der Waals surface area contributed by atoms with Gasteiger partial charge >= 0.3 is 0 Å². The summed E-state index contributed by atoms with van der Waals surface area (Å²) in [5.74, 6) is 1.21. The number of aromatic nitrogens is 2. The van der Waals surface area contributed by atoms with Crippen LogP contribution in [0.5, 0.6) is 0 Å². The number of rotatable bonds is 8. The van der Waals surface area contributed by atoms with E-state index in [9.17, 15) is 4.79 Å². The van der Waals surface area contributed by atoms with Crippen LogP contribution in [-0.2, 0) is 11.2 Å². The summed E-state index contributed by atoms with van der Waals surface area (Å²) in [7, 11) is 0. The number of amides is 1. The van der Waals surface area contributed by atoms with E-state index in [0.29, 0.717) is 37.1 Å². The van der Waals surface area contributed by atoms with Crippen molar-refractivity contribution in [1.29, 1.82) is 0 Å². The highest BCUT2D eigenvalue weighted by Crippen LogP contribution is 2.18. The van der Waals surface area contributed by atoms with Crippen LogP contribution in [0.15, 0.2) is 34.7 Å². The summed E-state index contributed by atoms with van der Waals surface area (Å²) in [6.07, 6.45) is 5.68. The Bertz CT molecular complexity index is 686. The van der Waals surface area contributed by atoms with Gasteiger partial charge in [0.05, 0.1) is 0 Å². The molecule has 1 unspecified atom stereocenters. The van der Waals surface area contributed by atoms with Crippen molar-refractivity contribution in [3.05, 3.63) is 36.2 Å². The van der Waals surface area contributed by atoms with E-state index in [1.54, 1.807) is 0 Å². The zero-order chi connectivity index (χ0) is 18.2. The Kier molecular flexibility index (Phi) is 6.77. The van der Waals surface area contributed by atoms with Crippen LogP contribution in [0.25, 0.3) is 11.5 Å². The molecule has 0 aliphatic carbocycles. The summed E-state index contributed by atoms with van der Waals surface area (Å²) in [6, 6.07) is 10.3. The second-order valence-electron chi connectivity index (χ2n) is 6.95. The Morgan fingerprint density at radius 2 is 2.12 bits per heavy atom. The maximum absolute atomic E-state index is 12.0. The number of benzene rings is 1. The summed E-state index contributed by atoms with van der Waals surface area (Å²) in [5.41, 5.74) is 0.913. The van der Waals surface area contributed by atoms with Gasteiger partial charge in [-0.3, -0.25) is 9.69 Å². The van der Waals surface area contributed by atoms with Crippen LogP contribution in [-0.4, -0.2) is 46.7 Å². The first-order valence-electron chi connectivity index (χ1n) is 9.61. The van der Waals surface area contributed by atoms with Gasteiger partial charge in [0.15, 0.2) is 0 Å². The van der Waals surface area contributed by atoms with E-state index in [1.807, 2.05) is 30.3 Å². The van der Waals surface area contributed by atoms with Crippen LogP contribution in [0.3, 0.4) is 0 Å². The van der Waals surface area contributed by atoms with Crippen LogP contribution in [0.4, 0.5) is 0 Å². The van der Waals surface area contributed by atoms with E-state index in [-0.39, 0.29) is 5.91 Å². The Morgan fingerprint density at radius 1 is 1.27 bits per heavy atom. The third-order valence-corrected chi connectivity index (χ3v) is 4.94. The molecule has 0 bridgehead atoms. The van der Waals surface area contributed by atoms with Crippen molar-refractivity contribution in [2.75, 3.05) is 19.6 Å². The highest BCUT2D eigenvalue weighted by molar-refractivity contribution is 5.75. The molecule has 1 atom stereocenters. The molecule has 6 nitrogen and oxygen atoms in total. The average Bonchev–Trinajstić information content (AvgIpc) is 3.13. The Balaban J connectivity index is 1.33. The van der Waals surface area contributed by atoms with Crippen LogP contribution in [0.2, 0.25) is 0 Å². The molecule has 1 aliphatic rings. The van der Waals surface area contributed by atoms with E-state index >= 15 is 0 Å². The molecule has 0 radical (unpaired) electrons. The van der Waals surface area contributed by atoms with Gasteiger partial charge in [-0.2, -0.15) is 0 Å². The van der Waals surface area contributed by atoms with Crippen molar-refractivity contribution in [3.8, 4) is 11.5 Å². The van der Waals surface area contributed by atoms with Gasteiger partial charge in [0.1, 0.15) is 0 Å². The van der Waals surface area contributed by atoms with E-state index < -0.39 is 0 Å². The molecule has 26 heavy (non-hydrogen) atoms.